The summed E-state index contributed by atoms with van der Waals surface area (Å²) in [5, 5.41) is 3.05. The summed E-state index contributed by atoms with van der Waals surface area (Å²) in [7, 11) is 1.58. The molecule has 0 unspecified atom stereocenters. The molecule has 0 saturated heterocycles. The number of nitrogens with one attached hydrogen (secondary N) is 1. The third kappa shape index (κ3) is 3.34. The van der Waals surface area contributed by atoms with Crippen LogP contribution in [-0.2, 0) is 6.54 Å². The van der Waals surface area contributed by atoms with Gasteiger partial charge < -0.3 is 20.4 Å². The molecular formula is C15H20N4O2. The maximum Gasteiger partial charge on any atom is 0.293 e. The molecule has 1 aromatic carbocycles. The van der Waals surface area contributed by atoms with Gasteiger partial charge in [0.1, 0.15) is 5.75 Å². The van der Waals surface area contributed by atoms with Crippen molar-refractivity contribution in [3.63, 3.8) is 0 Å². The van der Waals surface area contributed by atoms with Crippen LogP contribution in [-0.4, -0.2) is 16.7 Å². The Labute approximate surface area is 123 Å². The van der Waals surface area contributed by atoms with Crippen molar-refractivity contribution in [1.29, 1.82) is 0 Å². The molecule has 112 valence electrons. The number of nitrogen functional groups attached to an aromatic ring is 1. The minimum absolute atomic E-state index is 0.0951. The zero-order chi connectivity index (χ0) is 15.4. The number of aromatic nitrogens is 2. The molecule has 0 amide bonds. The number of rotatable bonds is 5. The van der Waals surface area contributed by atoms with Crippen LogP contribution in [0.2, 0.25) is 0 Å². The third-order valence-electron chi connectivity index (χ3n) is 3.18. The maximum absolute atomic E-state index is 12.2. The van der Waals surface area contributed by atoms with Crippen molar-refractivity contribution in [2.75, 3.05) is 18.2 Å². The van der Waals surface area contributed by atoms with Crippen molar-refractivity contribution in [2.24, 2.45) is 0 Å². The lowest BCUT2D eigenvalue weighted by Gasteiger charge is -2.12. The summed E-state index contributed by atoms with van der Waals surface area (Å²) in [6.45, 7) is 4.38. The normalized spacial score (nSPS) is 10.7. The number of hydrogen-bond acceptors (Lipinski definition) is 5. The molecule has 6 heteroatoms. The first kappa shape index (κ1) is 14.9. The van der Waals surface area contributed by atoms with Gasteiger partial charge in [0.15, 0.2) is 5.82 Å². The molecule has 3 N–H and O–H groups in total. The Bertz CT molecular complexity index is 680. The molecular weight excluding hydrogens is 268 g/mol. The molecule has 0 bridgehead atoms. The maximum atomic E-state index is 12.2. The molecule has 0 radical (unpaired) electrons. The molecule has 1 aromatic heterocycles. The number of hydrogen-bond donors (Lipinski definition) is 2. The van der Waals surface area contributed by atoms with E-state index in [-0.39, 0.29) is 11.6 Å². The molecule has 21 heavy (non-hydrogen) atoms. The van der Waals surface area contributed by atoms with E-state index in [1.807, 2.05) is 26.0 Å². The average Bonchev–Trinajstić information content (AvgIpc) is 2.46. The van der Waals surface area contributed by atoms with E-state index < -0.39 is 0 Å². The molecule has 0 atom stereocenters. The lowest BCUT2D eigenvalue weighted by atomic mass is 10.2. The Balaban J connectivity index is 2.15. The first-order chi connectivity index (χ1) is 10.0. The van der Waals surface area contributed by atoms with Crippen LogP contribution < -0.4 is 21.3 Å². The molecule has 0 fully saturated rings. The van der Waals surface area contributed by atoms with Gasteiger partial charge in [-0.25, -0.2) is 4.98 Å². The summed E-state index contributed by atoms with van der Waals surface area (Å²) in [6.07, 6.45) is 3.30. The topological polar surface area (TPSA) is 82.2 Å². The summed E-state index contributed by atoms with van der Waals surface area (Å²) in [5.41, 5.74) is 7.25. The van der Waals surface area contributed by atoms with Gasteiger partial charge in [-0.2, -0.15) is 0 Å². The lowest BCUT2D eigenvalue weighted by Crippen LogP contribution is -2.25. The fourth-order valence-corrected chi connectivity index (χ4v) is 2.03. The molecule has 1 heterocycles. The summed E-state index contributed by atoms with van der Waals surface area (Å²) in [6, 6.07) is 5.61. The number of methoxy groups -OCH3 is 1. The zero-order valence-corrected chi connectivity index (χ0v) is 12.5. The average molecular weight is 288 g/mol. The van der Waals surface area contributed by atoms with E-state index in [9.17, 15) is 4.79 Å². The van der Waals surface area contributed by atoms with Crippen LogP contribution in [0.5, 0.6) is 5.75 Å². The van der Waals surface area contributed by atoms with Crippen molar-refractivity contribution in [3.8, 4) is 5.75 Å². The molecule has 2 rings (SSSR count). The van der Waals surface area contributed by atoms with Crippen molar-refractivity contribution < 1.29 is 4.74 Å². The molecule has 0 spiro atoms. The van der Waals surface area contributed by atoms with Gasteiger partial charge in [0.25, 0.3) is 5.56 Å². The first-order valence-electron chi connectivity index (χ1n) is 6.76. The van der Waals surface area contributed by atoms with Gasteiger partial charge >= 0.3 is 0 Å². The number of anilines is 2. The van der Waals surface area contributed by atoms with Crippen LogP contribution >= 0.6 is 0 Å². The molecule has 0 aliphatic rings. The largest absolute Gasteiger partial charge is 0.495 e. The van der Waals surface area contributed by atoms with E-state index in [1.54, 1.807) is 30.1 Å². The van der Waals surface area contributed by atoms with Crippen LogP contribution in [0, 0.1) is 0 Å². The second kappa shape index (κ2) is 6.30. The van der Waals surface area contributed by atoms with Crippen LogP contribution in [0.4, 0.5) is 11.5 Å². The van der Waals surface area contributed by atoms with E-state index >= 15 is 0 Å². The number of ether oxygens (including phenoxy) is 1. The quantitative estimate of drug-likeness (QED) is 0.823. The summed E-state index contributed by atoms with van der Waals surface area (Å²) in [4.78, 5) is 16.3. The summed E-state index contributed by atoms with van der Waals surface area (Å²) in [5.74, 6) is 0.972. The smallest absolute Gasteiger partial charge is 0.293 e. The second-order valence-electron chi connectivity index (χ2n) is 5.01. The van der Waals surface area contributed by atoms with E-state index in [4.69, 9.17) is 10.5 Å². The number of nitrogens with two attached hydrogens (primary N) is 1. The minimum atomic E-state index is -0.131. The van der Waals surface area contributed by atoms with Gasteiger partial charge in [-0.3, -0.25) is 4.79 Å². The predicted molar refractivity (Wildman–Crippen MR) is 83.6 cm³/mol. The van der Waals surface area contributed by atoms with Crippen LogP contribution in [0.1, 0.15) is 25.5 Å². The van der Waals surface area contributed by atoms with E-state index in [0.717, 1.165) is 5.56 Å². The minimum Gasteiger partial charge on any atom is -0.495 e. The van der Waals surface area contributed by atoms with E-state index in [0.29, 0.717) is 23.8 Å². The van der Waals surface area contributed by atoms with Gasteiger partial charge in [-0.05, 0) is 31.5 Å². The molecule has 0 aliphatic carbocycles. The van der Waals surface area contributed by atoms with Gasteiger partial charge in [0, 0.05) is 25.0 Å². The summed E-state index contributed by atoms with van der Waals surface area (Å²) < 4.78 is 6.75. The first-order valence-corrected chi connectivity index (χ1v) is 6.76. The highest BCUT2D eigenvalue weighted by Crippen LogP contribution is 2.22. The van der Waals surface area contributed by atoms with Gasteiger partial charge in [0.05, 0.1) is 12.8 Å². The van der Waals surface area contributed by atoms with Crippen molar-refractivity contribution in [3.05, 3.63) is 46.5 Å². The van der Waals surface area contributed by atoms with Crippen molar-refractivity contribution >= 4 is 11.5 Å². The fourth-order valence-electron chi connectivity index (χ4n) is 2.03. The Morgan fingerprint density at radius 2 is 2.19 bits per heavy atom. The van der Waals surface area contributed by atoms with Gasteiger partial charge in [0.2, 0.25) is 0 Å². The van der Waals surface area contributed by atoms with Crippen LogP contribution in [0.25, 0.3) is 0 Å². The standard InChI is InChI=1S/C15H20N4O2/c1-10(2)19-7-6-17-14(15(19)20)18-9-11-4-5-13(21-3)12(16)8-11/h4-8,10H,9,16H2,1-3H3,(H,17,18). The van der Waals surface area contributed by atoms with Gasteiger partial charge in [-0.15, -0.1) is 0 Å². The summed E-state index contributed by atoms with van der Waals surface area (Å²) >= 11 is 0. The Morgan fingerprint density at radius 3 is 2.81 bits per heavy atom. The predicted octanol–water partition coefficient (Wildman–Crippen LogP) is 2.03. The molecule has 0 saturated carbocycles. The highest BCUT2D eigenvalue weighted by molar-refractivity contribution is 5.54. The highest BCUT2D eigenvalue weighted by atomic mass is 16.5. The SMILES string of the molecule is COc1ccc(CNc2nccn(C(C)C)c2=O)cc1N. The van der Waals surface area contributed by atoms with Crippen LogP contribution in [0.3, 0.4) is 0 Å². The zero-order valence-electron chi connectivity index (χ0n) is 12.5. The second-order valence-corrected chi connectivity index (χ2v) is 5.01. The Hall–Kier alpha value is -2.50. The lowest BCUT2D eigenvalue weighted by molar-refractivity contribution is 0.417. The van der Waals surface area contributed by atoms with Crippen molar-refractivity contribution in [2.45, 2.75) is 26.4 Å². The number of benzene rings is 1. The van der Waals surface area contributed by atoms with Crippen molar-refractivity contribution in [1.82, 2.24) is 9.55 Å². The Morgan fingerprint density at radius 1 is 1.43 bits per heavy atom. The number of nitrogens with zero attached hydrogens (tertiary/aromatic N) is 2. The van der Waals surface area contributed by atoms with E-state index in [2.05, 4.69) is 10.3 Å². The van der Waals surface area contributed by atoms with Crippen LogP contribution in [0.15, 0.2) is 35.4 Å². The monoisotopic (exact) mass is 288 g/mol. The molecule has 2 aromatic rings. The molecule has 6 nitrogen and oxygen atoms in total. The van der Waals surface area contributed by atoms with Gasteiger partial charge in [-0.1, -0.05) is 6.07 Å². The Kier molecular flexibility index (Phi) is 4.47. The van der Waals surface area contributed by atoms with E-state index in [1.165, 1.54) is 0 Å². The third-order valence-corrected chi connectivity index (χ3v) is 3.18. The highest BCUT2D eigenvalue weighted by Gasteiger charge is 2.07. The fraction of sp³-hybridized carbons (Fsp3) is 0.333. The molecule has 0 aliphatic heterocycles.